The number of carbonyl (C=O) groups excluding carboxylic acids is 1. The number of aliphatic hydroxyl groups excluding tert-OH is 1. The molecule has 0 saturated carbocycles. The molecule has 18 heavy (non-hydrogen) atoms. The lowest BCUT2D eigenvalue weighted by Gasteiger charge is -2.09. The van der Waals surface area contributed by atoms with Crippen LogP contribution in [-0.4, -0.2) is 37.4 Å². The van der Waals surface area contributed by atoms with Crippen LogP contribution in [0.4, 0.5) is 0 Å². The molecule has 1 aromatic carbocycles. The number of nitrogens with one attached hydrogen (secondary N) is 1. The van der Waals surface area contributed by atoms with Crippen LogP contribution in [0.15, 0.2) is 18.2 Å². The summed E-state index contributed by atoms with van der Waals surface area (Å²) in [6, 6.07) is 5.51. The van der Waals surface area contributed by atoms with Gasteiger partial charge in [0.25, 0.3) is 0 Å². The number of aliphatic hydroxyl groups is 1. The molecule has 0 fully saturated rings. The topological polar surface area (TPSA) is 67.8 Å². The second-order valence-electron chi connectivity index (χ2n) is 4.08. The van der Waals surface area contributed by atoms with Gasteiger partial charge >= 0.3 is 0 Å². The fraction of sp³-hybridized carbons (Fsp3) is 0.462. The van der Waals surface area contributed by atoms with Gasteiger partial charge in [-0.05, 0) is 17.7 Å². The molecule has 0 saturated heterocycles. The first kappa shape index (κ1) is 12.7. The lowest BCUT2D eigenvalue weighted by atomic mass is 10.1. The van der Waals surface area contributed by atoms with E-state index in [1.807, 2.05) is 18.2 Å². The highest BCUT2D eigenvalue weighted by atomic mass is 16.5. The highest BCUT2D eigenvalue weighted by Crippen LogP contribution is 2.30. The van der Waals surface area contributed by atoms with Crippen LogP contribution >= 0.6 is 0 Å². The third kappa shape index (κ3) is 3.37. The molecule has 1 heterocycles. The van der Waals surface area contributed by atoms with Crippen LogP contribution in [0.1, 0.15) is 12.0 Å². The predicted molar refractivity (Wildman–Crippen MR) is 65.8 cm³/mol. The van der Waals surface area contributed by atoms with Gasteiger partial charge in [0.2, 0.25) is 5.91 Å². The number of carbonyl (C=O) groups is 1. The molecular weight excluding hydrogens is 234 g/mol. The third-order valence-corrected chi connectivity index (χ3v) is 2.61. The van der Waals surface area contributed by atoms with Crippen molar-refractivity contribution in [2.45, 2.75) is 12.8 Å². The monoisotopic (exact) mass is 251 g/mol. The number of rotatable bonds is 4. The molecule has 5 nitrogen and oxygen atoms in total. The highest BCUT2D eigenvalue weighted by molar-refractivity contribution is 5.78. The molecule has 1 aromatic rings. The zero-order valence-corrected chi connectivity index (χ0v) is 10.1. The first-order valence-electron chi connectivity index (χ1n) is 6.05. The number of ether oxygens (including phenoxy) is 2. The summed E-state index contributed by atoms with van der Waals surface area (Å²) in [6.07, 6.45) is 1.14. The molecular formula is C13H17NO4. The molecule has 2 rings (SSSR count). The average molecular weight is 251 g/mol. The summed E-state index contributed by atoms with van der Waals surface area (Å²) in [7, 11) is 0. The van der Waals surface area contributed by atoms with E-state index in [1.54, 1.807) is 0 Å². The van der Waals surface area contributed by atoms with Gasteiger partial charge in [-0.1, -0.05) is 6.07 Å². The van der Waals surface area contributed by atoms with Crippen molar-refractivity contribution >= 4 is 5.91 Å². The van der Waals surface area contributed by atoms with Crippen molar-refractivity contribution in [3.8, 4) is 11.5 Å². The lowest BCUT2D eigenvalue weighted by molar-refractivity contribution is -0.120. The minimum Gasteiger partial charge on any atom is -0.490 e. The molecule has 0 unspecified atom stereocenters. The van der Waals surface area contributed by atoms with Crippen molar-refractivity contribution in [3.63, 3.8) is 0 Å². The Kier molecular flexibility index (Phi) is 4.41. The van der Waals surface area contributed by atoms with Crippen molar-refractivity contribution in [1.29, 1.82) is 0 Å². The Hall–Kier alpha value is -1.75. The number of hydrogen-bond donors (Lipinski definition) is 2. The summed E-state index contributed by atoms with van der Waals surface area (Å²) in [6.45, 7) is 1.52. The Bertz CT molecular complexity index is 419. The standard InChI is InChI=1S/C13H17NO4/c15-5-4-14-13(16)9-10-2-3-11-12(8-10)18-7-1-6-17-11/h2-3,8,15H,1,4-7,9H2,(H,14,16). The minimum atomic E-state index is -0.112. The fourth-order valence-electron chi connectivity index (χ4n) is 1.76. The number of benzene rings is 1. The largest absolute Gasteiger partial charge is 0.490 e. The van der Waals surface area contributed by atoms with E-state index in [1.165, 1.54) is 0 Å². The van der Waals surface area contributed by atoms with Gasteiger partial charge in [0.15, 0.2) is 11.5 Å². The minimum absolute atomic E-state index is 0.0487. The quantitative estimate of drug-likeness (QED) is 0.817. The van der Waals surface area contributed by atoms with Crippen LogP contribution in [0.25, 0.3) is 0 Å². The Labute approximate surface area is 106 Å². The van der Waals surface area contributed by atoms with Gasteiger partial charge in [0, 0.05) is 13.0 Å². The van der Waals surface area contributed by atoms with Gasteiger partial charge < -0.3 is 19.9 Å². The fourth-order valence-corrected chi connectivity index (χ4v) is 1.76. The molecule has 0 atom stereocenters. The van der Waals surface area contributed by atoms with E-state index in [4.69, 9.17) is 14.6 Å². The SMILES string of the molecule is O=C(Cc1ccc2c(c1)OCCCO2)NCCO. The smallest absolute Gasteiger partial charge is 0.224 e. The second-order valence-corrected chi connectivity index (χ2v) is 4.08. The molecule has 5 heteroatoms. The van der Waals surface area contributed by atoms with Crippen LogP contribution in [0.3, 0.4) is 0 Å². The molecule has 0 radical (unpaired) electrons. The number of amides is 1. The van der Waals surface area contributed by atoms with Crippen LogP contribution in [0.5, 0.6) is 11.5 Å². The van der Waals surface area contributed by atoms with E-state index < -0.39 is 0 Å². The summed E-state index contributed by atoms with van der Waals surface area (Å²) in [5.74, 6) is 1.31. The van der Waals surface area contributed by atoms with E-state index in [0.29, 0.717) is 19.0 Å². The Balaban J connectivity index is 2.01. The normalized spacial score (nSPS) is 13.8. The molecule has 98 valence electrons. The maximum atomic E-state index is 11.5. The van der Waals surface area contributed by atoms with Crippen LogP contribution < -0.4 is 14.8 Å². The van der Waals surface area contributed by atoms with Crippen LogP contribution in [0.2, 0.25) is 0 Å². The average Bonchev–Trinajstić information content (AvgIpc) is 2.61. The molecule has 1 amide bonds. The number of hydrogen-bond acceptors (Lipinski definition) is 4. The highest BCUT2D eigenvalue weighted by Gasteiger charge is 2.11. The molecule has 0 aromatic heterocycles. The molecule has 0 aliphatic carbocycles. The summed E-state index contributed by atoms with van der Waals surface area (Å²) in [4.78, 5) is 11.5. The Morgan fingerprint density at radius 1 is 1.28 bits per heavy atom. The van der Waals surface area contributed by atoms with Gasteiger partial charge in [-0.25, -0.2) is 0 Å². The van der Waals surface area contributed by atoms with Gasteiger partial charge in [0.1, 0.15) is 0 Å². The van der Waals surface area contributed by atoms with Gasteiger partial charge in [-0.15, -0.1) is 0 Å². The zero-order chi connectivity index (χ0) is 12.8. The van der Waals surface area contributed by atoms with Crippen molar-refractivity contribution < 1.29 is 19.4 Å². The maximum absolute atomic E-state index is 11.5. The van der Waals surface area contributed by atoms with Crippen molar-refractivity contribution in [2.75, 3.05) is 26.4 Å². The Morgan fingerprint density at radius 2 is 2.06 bits per heavy atom. The zero-order valence-electron chi connectivity index (χ0n) is 10.1. The van der Waals surface area contributed by atoms with Gasteiger partial charge in [-0.3, -0.25) is 4.79 Å². The summed E-state index contributed by atoms with van der Waals surface area (Å²) in [5.41, 5.74) is 0.870. The molecule has 0 spiro atoms. The summed E-state index contributed by atoms with van der Waals surface area (Å²) >= 11 is 0. The Morgan fingerprint density at radius 3 is 2.83 bits per heavy atom. The van der Waals surface area contributed by atoms with Crippen LogP contribution in [0, 0.1) is 0 Å². The second kappa shape index (κ2) is 6.26. The first-order valence-corrected chi connectivity index (χ1v) is 6.05. The van der Waals surface area contributed by atoms with Gasteiger partial charge in [0.05, 0.1) is 26.2 Å². The lowest BCUT2D eigenvalue weighted by Crippen LogP contribution is -2.27. The molecule has 2 N–H and O–H groups in total. The first-order chi connectivity index (χ1) is 8.79. The number of fused-ring (bicyclic) bond motifs is 1. The third-order valence-electron chi connectivity index (χ3n) is 2.61. The predicted octanol–water partition coefficient (Wildman–Crippen LogP) is 0.499. The van der Waals surface area contributed by atoms with E-state index in [0.717, 1.165) is 17.7 Å². The van der Waals surface area contributed by atoms with Crippen molar-refractivity contribution in [3.05, 3.63) is 23.8 Å². The van der Waals surface area contributed by atoms with Crippen LogP contribution in [-0.2, 0) is 11.2 Å². The van der Waals surface area contributed by atoms with E-state index in [-0.39, 0.29) is 25.5 Å². The molecule has 1 aliphatic rings. The van der Waals surface area contributed by atoms with Crippen molar-refractivity contribution in [1.82, 2.24) is 5.32 Å². The molecule has 1 aliphatic heterocycles. The summed E-state index contributed by atoms with van der Waals surface area (Å²) in [5, 5.41) is 11.2. The van der Waals surface area contributed by atoms with E-state index >= 15 is 0 Å². The summed E-state index contributed by atoms with van der Waals surface area (Å²) < 4.78 is 11.1. The maximum Gasteiger partial charge on any atom is 0.224 e. The van der Waals surface area contributed by atoms with Crippen molar-refractivity contribution in [2.24, 2.45) is 0 Å². The van der Waals surface area contributed by atoms with E-state index in [9.17, 15) is 4.79 Å². The van der Waals surface area contributed by atoms with E-state index in [2.05, 4.69) is 5.32 Å². The molecule has 0 bridgehead atoms. The van der Waals surface area contributed by atoms with Gasteiger partial charge in [-0.2, -0.15) is 0 Å².